The lowest BCUT2D eigenvalue weighted by Crippen LogP contribution is -2.64. The van der Waals surface area contributed by atoms with Crippen LogP contribution in [-0.2, 0) is 38.0 Å². The fraction of sp³-hybridized carbons (Fsp3) is 0.452. The van der Waals surface area contributed by atoms with E-state index in [-0.39, 0.29) is 34.0 Å². The van der Waals surface area contributed by atoms with Crippen molar-refractivity contribution in [1.82, 2.24) is 0 Å². The molecule has 0 aromatic heterocycles. The molecule has 4 aliphatic heterocycles. The molecule has 3 fully saturated rings. The molecule has 24 heteroatoms. The van der Waals surface area contributed by atoms with Gasteiger partial charge in [-0.25, -0.2) is 4.79 Å². The van der Waals surface area contributed by atoms with E-state index >= 15 is 0 Å². The van der Waals surface area contributed by atoms with Crippen molar-refractivity contribution >= 4 is 17.8 Å². The summed E-state index contributed by atoms with van der Waals surface area (Å²) in [7, 11) is 0. The van der Waals surface area contributed by atoms with Gasteiger partial charge in [-0.1, -0.05) is 6.07 Å². The predicted molar refractivity (Wildman–Crippen MR) is 215 cm³/mol. The van der Waals surface area contributed by atoms with Gasteiger partial charge in [-0.2, -0.15) is 0 Å². The number of carbonyl (C=O) groups excluding carboxylic acids is 1. The third-order valence-electron chi connectivity index (χ3n) is 11.2. The first-order valence-electron chi connectivity index (χ1n) is 20.2. The number of ether oxygens (including phenoxy) is 8. The number of benzene rings is 2. The highest BCUT2D eigenvalue weighted by atomic mass is 16.8. The van der Waals surface area contributed by atoms with Crippen molar-refractivity contribution in [1.29, 1.82) is 0 Å². The highest BCUT2D eigenvalue weighted by Gasteiger charge is 2.53. The van der Waals surface area contributed by atoms with Crippen LogP contribution in [0.15, 0.2) is 83.6 Å². The van der Waals surface area contributed by atoms with E-state index in [0.717, 1.165) is 30.4 Å². The maximum absolute atomic E-state index is 12.8. The molecular weight excluding hydrogens is 888 g/mol. The molecule has 0 amide bonds. The van der Waals surface area contributed by atoms with Crippen LogP contribution in [0.25, 0.3) is 11.8 Å². The number of phenolic OH excluding ortho intramolecular Hbond substituents is 4. The molecule has 2 aromatic carbocycles. The Hall–Kier alpha value is -5.55. The standard InChI is InChI=1S/C42H48O24/c43-12-26-30(51)33(54)36(57)40(63-26)61-24-10-17(45)9-23-18(24)11-25(38(60-23)16-3-5-20(47)22(49)8-16)62-42-39(66-41-37(58)34(55)31(52)27(13-44)64-41)35(56)32(53)28(65-42)14-59-29(50)6-2-15-1-4-19(46)21(48)7-15/h1-11,23,26-28,30-37,39-49,51-58H,12-14H2/p+1/b6-2+/t23?,26-,27-,28-,30-,31-,32-,33+,34+,35+,36-,37-,39-,40-,41+,42+/m1/s1. The van der Waals surface area contributed by atoms with Crippen molar-refractivity contribution in [2.75, 3.05) is 19.8 Å². The Labute approximate surface area is 372 Å². The van der Waals surface area contributed by atoms with E-state index in [2.05, 4.69) is 4.74 Å². The average Bonchev–Trinajstić information content (AvgIpc) is 3.29. The van der Waals surface area contributed by atoms with Crippen LogP contribution in [0, 0.1) is 0 Å². The lowest BCUT2D eigenvalue weighted by molar-refractivity contribution is -0.363. The molecule has 1 unspecified atom stereocenters. The van der Waals surface area contributed by atoms with Gasteiger partial charge in [0.25, 0.3) is 0 Å². The minimum atomic E-state index is -2.09. The first-order valence-corrected chi connectivity index (χ1v) is 20.2. The summed E-state index contributed by atoms with van der Waals surface area (Å²) in [6.45, 7) is -2.44. The molecule has 1 aliphatic carbocycles. The number of esters is 1. The molecule has 360 valence electrons. The summed E-state index contributed by atoms with van der Waals surface area (Å²) < 4.78 is 45.1. The van der Waals surface area contributed by atoms with E-state index in [4.69, 9.17) is 33.2 Å². The summed E-state index contributed by atoms with van der Waals surface area (Å²) in [4.78, 5) is 12.8. The van der Waals surface area contributed by atoms with E-state index in [1.807, 2.05) is 0 Å². The third-order valence-corrected chi connectivity index (χ3v) is 11.2. The lowest BCUT2D eigenvalue weighted by atomic mass is 9.95. The van der Waals surface area contributed by atoms with Gasteiger partial charge in [0.2, 0.25) is 24.4 Å². The van der Waals surface area contributed by atoms with Crippen LogP contribution in [0.2, 0.25) is 0 Å². The van der Waals surface area contributed by atoms with Crippen molar-refractivity contribution in [2.24, 2.45) is 0 Å². The smallest absolute Gasteiger partial charge is 0.330 e. The largest absolute Gasteiger partial charge is 0.571 e. The Balaban J connectivity index is 1.24. The van der Waals surface area contributed by atoms with Gasteiger partial charge in [0.05, 0.1) is 30.4 Å². The zero-order chi connectivity index (χ0) is 47.7. The van der Waals surface area contributed by atoms with Gasteiger partial charge in [0, 0.05) is 24.3 Å². The van der Waals surface area contributed by atoms with Crippen LogP contribution in [0.1, 0.15) is 11.1 Å². The molecule has 4 heterocycles. The van der Waals surface area contributed by atoms with Crippen LogP contribution in [0.4, 0.5) is 0 Å². The molecule has 7 rings (SSSR count). The van der Waals surface area contributed by atoms with Crippen molar-refractivity contribution < 1.29 is 119 Å². The highest BCUT2D eigenvalue weighted by Crippen LogP contribution is 2.41. The monoisotopic (exact) mass is 937 g/mol. The van der Waals surface area contributed by atoms with Crippen molar-refractivity contribution in [3.05, 3.63) is 94.7 Å². The van der Waals surface area contributed by atoms with Crippen LogP contribution >= 0.6 is 0 Å². The number of aliphatic hydroxyl groups is 13. The van der Waals surface area contributed by atoms with E-state index in [1.54, 1.807) is 0 Å². The molecule has 0 saturated carbocycles. The first kappa shape index (κ1) is 48.4. The van der Waals surface area contributed by atoms with Crippen molar-refractivity contribution in [3.63, 3.8) is 0 Å². The summed E-state index contributed by atoms with van der Waals surface area (Å²) in [6.07, 6.45) is -22.9. The van der Waals surface area contributed by atoms with Crippen LogP contribution in [0.3, 0.4) is 0 Å². The maximum atomic E-state index is 12.8. The van der Waals surface area contributed by atoms with Crippen LogP contribution in [0.5, 0.6) is 23.0 Å². The van der Waals surface area contributed by atoms with Gasteiger partial charge in [0.1, 0.15) is 85.3 Å². The second-order valence-electron chi connectivity index (χ2n) is 15.7. The SMILES string of the molecule is O=C(/C=C/c1ccc(O)c(O)c1)OC[C@H]1O[C@H](OC2=C(c3ccc(O)c(O)c3)[OH+]C3C=C(O)C=C(O[C@@H]4O[C@H](CO)[C@@H](O)[C@H](O)[C@H]4O)C3=C2)[C@H](O[C@@H]2O[C@H](CO)[C@@H](O)[C@H](O)[C@H]2O)[C@@H](O)[C@@H]1O. The number of carbonyl (C=O) groups is 1. The van der Waals surface area contributed by atoms with Gasteiger partial charge in [-0.05, 0) is 35.9 Å². The molecular formula is C42H49O24+. The Kier molecular flexibility index (Phi) is 14.8. The molecule has 24 nitrogen and oxygen atoms in total. The van der Waals surface area contributed by atoms with Gasteiger partial charge in [-0.15, -0.1) is 0 Å². The Morgan fingerprint density at radius 2 is 1.23 bits per heavy atom. The molecule has 5 aliphatic rings. The van der Waals surface area contributed by atoms with Crippen molar-refractivity contribution in [2.45, 2.75) is 98.2 Å². The van der Waals surface area contributed by atoms with Crippen molar-refractivity contribution in [3.8, 4) is 23.0 Å². The summed E-state index contributed by atoms with van der Waals surface area (Å²) >= 11 is 0. The number of allylic oxidation sites excluding steroid dienone is 2. The number of aromatic hydroxyl groups is 4. The van der Waals surface area contributed by atoms with E-state index in [9.17, 15) is 81.4 Å². The van der Waals surface area contributed by atoms with Gasteiger partial charge in [-0.3, -0.25) is 0 Å². The lowest BCUT2D eigenvalue weighted by Gasteiger charge is -2.46. The molecule has 2 aromatic rings. The van der Waals surface area contributed by atoms with E-state index in [1.165, 1.54) is 36.4 Å². The van der Waals surface area contributed by atoms with Crippen LogP contribution < -0.4 is 0 Å². The summed E-state index contributed by atoms with van der Waals surface area (Å²) in [5, 5.41) is 156. The fourth-order valence-corrected chi connectivity index (χ4v) is 7.47. The number of phenols is 4. The zero-order valence-corrected chi connectivity index (χ0v) is 34.1. The second-order valence-corrected chi connectivity index (χ2v) is 15.7. The van der Waals surface area contributed by atoms with Gasteiger partial charge >= 0.3 is 11.7 Å². The fourth-order valence-electron chi connectivity index (χ4n) is 7.47. The summed E-state index contributed by atoms with van der Waals surface area (Å²) in [6, 6.07) is 7.21. The quantitative estimate of drug-likeness (QED) is 0.0395. The predicted octanol–water partition coefficient (Wildman–Crippen LogP) is -3.92. The number of aliphatic hydroxyl groups excluding tert-OH is 11. The highest BCUT2D eigenvalue weighted by molar-refractivity contribution is 5.87. The van der Waals surface area contributed by atoms with Crippen LogP contribution in [-0.4, -0.2) is 205 Å². The summed E-state index contributed by atoms with van der Waals surface area (Å²) in [5.41, 5.74) is 0.374. The molecule has 3 saturated heterocycles. The third kappa shape index (κ3) is 10.1. The van der Waals surface area contributed by atoms with Gasteiger partial charge < -0.3 is 114 Å². The zero-order valence-electron chi connectivity index (χ0n) is 34.1. The Morgan fingerprint density at radius 1 is 0.636 bits per heavy atom. The molecule has 16 N–H and O–H groups in total. The van der Waals surface area contributed by atoms with Gasteiger partial charge in [0.15, 0.2) is 35.4 Å². The summed E-state index contributed by atoms with van der Waals surface area (Å²) in [5.74, 6) is -4.20. The molecule has 0 bridgehead atoms. The molecule has 0 spiro atoms. The number of fused-ring (bicyclic) bond motifs is 1. The average molecular weight is 938 g/mol. The maximum Gasteiger partial charge on any atom is 0.330 e. The normalized spacial score (nSPS) is 35.8. The number of hydrogen-bond donors (Lipinski definition) is 15. The first-order chi connectivity index (χ1) is 31.4. The van der Waals surface area contributed by atoms with E-state index in [0.29, 0.717) is 0 Å². The molecule has 0 radical (unpaired) electrons. The number of hydrogen-bond acceptors (Lipinski definition) is 23. The number of rotatable bonds is 13. The Morgan fingerprint density at radius 3 is 1.86 bits per heavy atom. The molecule has 66 heavy (non-hydrogen) atoms. The molecule has 16 atom stereocenters. The minimum absolute atomic E-state index is 0.0357. The van der Waals surface area contributed by atoms with E-state index < -0.39 is 153 Å². The Bertz CT molecular complexity index is 2240. The second kappa shape index (κ2) is 20.1. The minimum Gasteiger partial charge on any atom is -0.571 e. The topological polar surface area (TPSA) is 398 Å².